The van der Waals surface area contributed by atoms with Crippen molar-refractivity contribution >= 4 is 5.82 Å². The molecule has 0 aliphatic heterocycles. The van der Waals surface area contributed by atoms with E-state index in [1.54, 1.807) is 12.4 Å². The van der Waals surface area contributed by atoms with Crippen molar-refractivity contribution in [2.45, 2.75) is 20.3 Å². The van der Waals surface area contributed by atoms with E-state index in [-0.39, 0.29) is 0 Å². The zero-order chi connectivity index (χ0) is 13.5. The number of rotatable bonds is 6. The summed E-state index contributed by atoms with van der Waals surface area (Å²) in [6.07, 6.45) is 6.06. The van der Waals surface area contributed by atoms with Crippen molar-refractivity contribution in [2.24, 2.45) is 0 Å². The number of nitrogens with zero attached hydrogens (tertiary/aromatic N) is 3. The van der Waals surface area contributed by atoms with Crippen LogP contribution in [0.1, 0.15) is 18.1 Å². The average Bonchev–Trinajstić information content (AvgIpc) is 2.44. The Bertz CT molecular complexity index is 516. The molecule has 0 radical (unpaired) electrons. The highest BCUT2D eigenvalue weighted by atomic mass is 16.5. The lowest BCUT2D eigenvalue weighted by Crippen LogP contribution is -2.09. The summed E-state index contributed by atoms with van der Waals surface area (Å²) in [6, 6.07) is 4.03. The highest BCUT2D eigenvalue weighted by Crippen LogP contribution is 2.20. The fraction of sp³-hybridized carbons (Fsp3) is 0.357. The summed E-state index contributed by atoms with van der Waals surface area (Å²) < 4.78 is 5.44. The summed E-state index contributed by atoms with van der Waals surface area (Å²) in [5.74, 6) is 1.47. The number of ether oxygens (including phenoxy) is 1. The predicted molar refractivity (Wildman–Crippen MR) is 74.4 cm³/mol. The van der Waals surface area contributed by atoms with Gasteiger partial charge in [-0.1, -0.05) is 0 Å². The summed E-state index contributed by atoms with van der Waals surface area (Å²) in [7, 11) is 0. The molecular formula is C14H18N4O. The third-order valence-electron chi connectivity index (χ3n) is 2.77. The monoisotopic (exact) mass is 258 g/mol. The predicted octanol–water partition coefficient (Wildman–Crippen LogP) is 2.23. The first kappa shape index (κ1) is 13.3. The van der Waals surface area contributed by atoms with Gasteiger partial charge in [-0.05, 0) is 38.0 Å². The Hall–Kier alpha value is -2.17. The zero-order valence-corrected chi connectivity index (χ0v) is 11.3. The minimum atomic E-state index is 0.605. The van der Waals surface area contributed by atoms with Crippen LogP contribution in [0.15, 0.2) is 30.9 Å². The number of hydrogen-bond acceptors (Lipinski definition) is 5. The lowest BCUT2D eigenvalue weighted by molar-refractivity contribution is 0.324. The number of pyridine rings is 1. The zero-order valence-electron chi connectivity index (χ0n) is 11.3. The second-order valence-electron chi connectivity index (χ2n) is 4.12. The van der Waals surface area contributed by atoms with Crippen LogP contribution >= 0.6 is 0 Å². The van der Waals surface area contributed by atoms with Crippen LogP contribution in [0.3, 0.4) is 0 Å². The Morgan fingerprint density at radius 2 is 2.00 bits per heavy atom. The molecule has 0 aromatic carbocycles. The number of aromatic nitrogens is 3. The van der Waals surface area contributed by atoms with Crippen LogP contribution in [0.2, 0.25) is 0 Å². The topological polar surface area (TPSA) is 59.9 Å². The van der Waals surface area contributed by atoms with Crippen molar-refractivity contribution in [1.29, 1.82) is 0 Å². The Morgan fingerprint density at radius 3 is 2.74 bits per heavy atom. The van der Waals surface area contributed by atoms with Gasteiger partial charge in [0, 0.05) is 18.9 Å². The molecule has 2 aromatic rings. The van der Waals surface area contributed by atoms with Crippen molar-refractivity contribution in [2.75, 3.05) is 18.5 Å². The highest BCUT2D eigenvalue weighted by Gasteiger charge is 2.06. The molecule has 0 aliphatic carbocycles. The molecular weight excluding hydrogens is 240 g/mol. The smallest absolute Gasteiger partial charge is 0.221 e. The Morgan fingerprint density at radius 1 is 1.21 bits per heavy atom. The van der Waals surface area contributed by atoms with E-state index in [1.165, 1.54) is 11.9 Å². The van der Waals surface area contributed by atoms with Gasteiger partial charge in [-0.2, -0.15) is 0 Å². The van der Waals surface area contributed by atoms with Gasteiger partial charge in [0.15, 0.2) is 0 Å². The molecule has 0 saturated heterocycles. The average molecular weight is 258 g/mol. The molecule has 0 atom stereocenters. The second-order valence-corrected chi connectivity index (χ2v) is 4.12. The Kier molecular flexibility index (Phi) is 4.66. The van der Waals surface area contributed by atoms with Gasteiger partial charge < -0.3 is 10.1 Å². The van der Waals surface area contributed by atoms with E-state index in [2.05, 4.69) is 20.3 Å². The summed E-state index contributed by atoms with van der Waals surface area (Å²) in [5.41, 5.74) is 2.19. The lowest BCUT2D eigenvalue weighted by Gasteiger charge is -2.11. The maximum atomic E-state index is 5.44. The standard InChI is InChI=1S/C14H18N4O/c1-3-19-14-11(2)13(17-10-18-14)16-9-6-12-4-7-15-8-5-12/h4-5,7-8,10H,3,6,9H2,1-2H3,(H,16,17,18). The van der Waals surface area contributed by atoms with Gasteiger partial charge in [-0.3, -0.25) is 4.98 Å². The van der Waals surface area contributed by atoms with Crippen LogP contribution in [0.4, 0.5) is 5.82 Å². The van der Waals surface area contributed by atoms with Crippen molar-refractivity contribution in [3.8, 4) is 5.88 Å². The fourth-order valence-corrected chi connectivity index (χ4v) is 1.77. The molecule has 0 fully saturated rings. The van der Waals surface area contributed by atoms with E-state index < -0.39 is 0 Å². The van der Waals surface area contributed by atoms with Gasteiger partial charge in [-0.25, -0.2) is 9.97 Å². The number of nitrogens with one attached hydrogen (secondary N) is 1. The van der Waals surface area contributed by atoms with Gasteiger partial charge in [-0.15, -0.1) is 0 Å². The minimum absolute atomic E-state index is 0.605. The van der Waals surface area contributed by atoms with Crippen molar-refractivity contribution in [3.63, 3.8) is 0 Å². The summed E-state index contributed by atoms with van der Waals surface area (Å²) in [4.78, 5) is 12.4. The normalized spacial score (nSPS) is 10.2. The van der Waals surface area contributed by atoms with Crippen molar-refractivity contribution < 1.29 is 4.74 Å². The van der Waals surface area contributed by atoms with Crippen LogP contribution < -0.4 is 10.1 Å². The summed E-state index contributed by atoms with van der Waals surface area (Å²) >= 11 is 0. The van der Waals surface area contributed by atoms with Gasteiger partial charge in [0.05, 0.1) is 12.2 Å². The van der Waals surface area contributed by atoms with E-state index in [0.717, 1.165) is 24.3 Å². The minimum Gasteiger partial charge on any atom is -0.478 e. The number of anilines is 1. The Labute approximate surface area is 113 Å². The summed E-state index contributed by atoms with van der Waals surface area (Å²) in [5, 5.41) is 3.31. The molecule has 0 aliphatic rings. The highest BCUT2D eigenvalue weighted by molar-refractivity contribution is 5.47. The molecule has 0 spiro atoms. The third kappa shape index (κ3) is 3.64. The molecule has 0 saturated carbocycles. The van der Waals surface area contributed by atoms with Gasteiger partial charge >= 0.3 is 0 Å². The van der Waals surface area contributed by atoms with Gasteiger partial charge in [0.2, 0.25) is 5.88 Å². The van der Waals surface area contributed by atoms with Crippen LogP contribution in [0, 0.1) is 6.92 Å². The number of hydrogen-bond donors (Lipinski definition) is 1. The first-order chi connectivity index (χ1) is 9.31. The largest absolute Gasteiger partial charge is 0.478 e. The van der Waals surface area contributed by atoms with E-state index in [9.17, 15) is 0 Å². The molecule has 0 amide bonds. The second kappa shape index (κ2) is 6.68. The first-order valence-corrected chi connectivity index (χ1v) is 6.38. The molecule has 0 unspecified atom stereocenters. The molecule has 2 heterocycles. The first-order valence-electron chi connectivity index (χ1n) is 6.38. The molecule has 19 heavy (non-hydrogen) atoms. The maximum Gasteiger partial charge on any atom is 0.221 e. The maximum absolute atomic E-state index is 5.44. The molecule has 5 nitrogen and oxygen atoms in total. The van der Waals surface area contributed by atoms with Gasteiger partial charge in [0.25, 0.3) is 0 Å². The van der Waals surface area contributed by atoms with E-state index in [4.69, 9.17) is 4.74 Å². The molecule has 2 aromatic heterocycles. The molecule has 5 heteroatoms. The van der Waals surface area contributed by atoms with E-state index in [1.807, 2.05) is 26.0 Å². The van der Waals surface area contributed by atoms with Crippen LogP contribution in [-0.4, -0.2) is 28.1 Å². The quantitative estimate of drug-likeness (QED) is 0.861. The fourth-order valence-electron chi connectivity index (χ4n) is 1.77. The van der Waals surface area contributed by atoms with Crippen molar-refractivity contribution in [3.05, 3.63) is 42.0 Å². The third-order valence-corrected chi connectivity index (χ3v) is 2.77. The Balaban J connectivity index is 1.94. The van der Waals surface area contributed by atoms with Gasteiger partial charge in [0.1, 0.15) is 12.1 Å². The molecule has 1 N–H and O–H groups in total. The van der Waals surface area contributed by atoms with E-state index >= 15 is 0 Å². The van der Waals surface area contributed by atoms with Crippen LogP contribution in [0.25, 0.3) is 0 Å². The lowest BCUT2D eigenvalue weighted by atomic mass is 10.2. The SMILES string of the molecule is CCOc1ncnc(NCCc2ccncc2)c1C. The van der Waals surface area contributed by atoms with Crippen LogP contribution in [-0.2, 0) is 6.42 Å². The van der Waals surface area contributed by atoms with Crippen molar-refractivity contribution in [1.82, 2.24) is 15.0 Å². The van der Waals surface area contributed by atoms with E-state index in [0.29, 0.717) is 12.5 Å². The molecule has 100 valence electrons. The molecule has 2 rings (SSSR count). The molecule has 0 bridgehead atoms. The van der Waals surface area contributed by atoms with Crippen LogP contribution in [0.5, 0.6) is 5.88 Å². The summed E-state index contributed by atoms with van der Waals surface area (Å²) in [6.45, 7) is 5.32.